The maximum Gasteiger partial charge on any atom is 0.187 e. The minimum atomic E-state index is -1.72. The smallest absolute Gasteiger partial charge is 0.187 e. The molecule has 14 nitrogen and oxygen atoms in total. The fourth-order valence-corrected chi connectivity index (χ4v) is 14.2. The van der Waals surface area contributed by atoms with Gasteiger partial charge in [-0.05, 0) is 122 Å². The predicted octanol–water partition coefficient (Wildman–Crippen LogP) is 0.564. The predicted molar refractivity (Wildman–Crippen MR) is 196 cm³/mol. The van der Waals surface area contributed by atoms with E-state index in [4.69, 9.17) is 18.9 Å². The van der Waals surface area contributed by atoms with Gasteiger partial charge in [-0.25, -0.2) is 0 Å². The molecule has 14 heteroatoms. The largest absolute Gasteiger partial charge is 0.394 e. The molecule has 0 aromatic carbocycles. The second kappa shape index (κ2) is 14.3. The quantitative estimate of drug-likeness (QED) is 0.136. The highest BCUT2D eigenvalue weighted by Gasteiger charge is 2.84. The number of fused-ring (bicyclic) bond motifs is 2. The van der Waals surface area contributed by atoms with Gasteiger partial charge in [-0.1, -0.05) is 34.6 Å². The summed E-state index contributed by atoms with van der Waals surface area (Å²) in [4.78, 5) is 0. The molecule has 10 N–H and O–H groups in total. The summed E-state index contributed by atoms with van der Waals surface area (Å²) in [5.74, 6) is 0.304. The molecule has 2 saturated heterocycles. The first-order valence-corrected chi connectivity index (χ1v) is 20.9. The first-order valence-electron chi connectivity index (χ1n) is 20.9. The normalized spacial score (nSPS) is 54.4. The zero-order valence-electron chi connectivity index (χ0n) is 33.7. The maximum absolute atomic E-state index is 12.3. The molecule has 2 spiro atoms. The molecule has 55 heavy (non-hydrogen) atoms. The first-order chi connectivity index (χ1) is 25.5. The number of aliphatic hydroxyl groups is 10. The molecule has 2 aliphatic heterocycles. The molecule has 21 atom stereocenters. The number of aliphatic hydroxyl groups excluding tert-OH is 9. The molecule has 318 valence electrons. The van der Waals surface area contributed by atoms with E-state index >= 15 is 0 Å². The topological polar surface area (TPSA) is 239 Å². The third-order valence-electron chi connectivity index (χ3n) is 17.2. The Morgan fingerprint density at radius 1 is 0.782 bits per heavy atom. The van der Waals surface area contributed by atoms with Gasteiger partial charge in [0, 0.05) is 0 Å². The van der Waals surface area contributed by atoms with Gasteiger partial charge >= 0.3 is 0 Å². The summed E-state index contributed by atoms with van der Waals surface area (Å²) in [6.07, 6.45) is -8.72. The van der Waals surface area contributed by atoms with Gasteiger partial charge in [-0.15, -0.1) is 0 Å². The van der Waals surface area contributed by atoms with Crippen LogP contribution >= 0.6 is 0 Å². The second-order valence-electron chi connectivity index (χ2n) is 20.7. The summed E-state index contributed by atoms with van der Waals surface area (Å²) < 4.78 is 24.1. The summed E-state index contributed by atoms with van der Waals surface area (Å²) in [6.45, 7) is 13.5. The van der Waals surface area contributed by atoms with Crippen LogP contribution in [-0.2, 0) is 18.9 Å². The molecule has 7 fully saturated rings. The monoisotopic (exact) mass is 786 g/mol. The van der Waals surface area contributed by atoms with Crippen molar-refractivity contribution >= 4 is 0 Å². The summed E-state index contributed by atoms with van der Waals surface area (Å²) in [6, 6.07) is 0. The van der Waals surface area contributed by atoms with Gasteiger partial charge < -0.3 is 70.0 Å². The molecule has 5 aliphatic carbocycles. The van der Waals surface area contributed by atoms with E-state index in [2.05, 4.69) is 34.6 Å². The first kappa shape index (κ1) is 42.6. The molecule has 0 bridgehead atoms. The van der Waals surface area contributed by atoms with E-state index < -0.39 is 97.3 Å². The Morgan fingerprint density at radius 2 is 1.47 bits per heavy atom. The van der Waals surface area contributed by atoms with Crippen LogP contribution in [0.4, 0.5) is 0 Å². The van der Waals surface area contributed by atoms with Gasteiger partial charge in [0.1, 0.15) is 42.7 Å². The van der Waals surface area contributed by atoms with Crippen LogP contribution in [0.15, 0.2) is 0 Å². The number of hydrogen-bond donors (Lipinski definition) is 10. The van der Waals surface area contributed by atoms with Crippen molar-refractivity contribution in [3.8, 4) is 0 Å². The molecule has 0 amide bonds. The molecule has 5 saturated carbocycles. The molecule has 0 aromatic rings. The molecule has 7 rings (SSSR count). The van der Waals surface area contributed by atoms with Crippen LogP contribution in [0.3, 0.4) is 0 Å². The van der Waals surface area contributed by atoms with Crippen LogP contribution in [-0.4, -0.2) is 150 Å². The van der Waals surface area contributed by atoms with E-state index in [1.54, 1.807) is 13.8 Å². The fraction of sp³-hybridized carbons (Fsp3) is 1.00. The minimum Gasteiger partial charge on any atom is -0.394 e. The molecular weight excluding hydrogens is 716 g/mol. The maximum atomic E-state index is 12.3. The second-order valence-corrected chi connectivity index (χ2v) is 20.7. The van der Waals surface area contributed by atoms with Crippen molar-refractivity contribution in [2.45, 2.75) is 192 Å². The van der Waals surface area contributed by atoms with Gasteiger partial charge in [-0.3, -0.25) is 0 Å². The van der Waals surface area contributed by atoms with Crippen LogP contribution in [0.25, 0.3) is 0 Å². The number of hydrogen-bond acceptors (Lipinski definition) is 14. The zero-order valence-corrected chi connectivity index (χ0v) is 33.7. The zero-order chi connectivity index (χ0) is 40.4. The van der Waals surface area contributed by atoms with Crippen LogP contribution in [0.2, 0.25) is 0 Å². The van der Waals surface area contributed by atoms with Gasteiger partial charge in [0.05, 0.1) is 43.2 Å². The van der Waals surface area contributed by atoms with Gasteiger partial charge in [0.15, 0.2) is 12.6 Å². The standard InChI is InChI=1S/C41H70O14/c1-19(8-9-25(46)37(4,5)51)27-21(44)15-39(7)24-14-20(43)33-36(2,3)26(10-11-41(33)18-40(24,41)13-12-38(27,39)6)54-35-32(28(47)22(45)17-52-35)55-34-31(50)30(49)29(48)23(16-42)53-34/h19-35,42-51H,8-18H2,1-7H3/t19-,20+,21+,22-,23-,24+,25+,26+,27+,28+,29-,30+,31-,32-,33-,34+,35+,38-,39+,40+,41-/m1/s1. The van der Waals surface area contributed by atoms with Crippen molar-refractivity contribution in [1.82, 2.24) is 0 Å². The Hall–Kier alpha value is -0.560. The molecule has 0 radical (unpaired) electrons. The van der Waals surface area contributed by atoms with Gasteiger partial charge in [0.2, 0.25) is 0 Å². The van der Waals surface area contributed by atoms with Crippen LogP contribution < -0.4 is 0 Å². The van der Waals surface area contributed by atoms with E-state index in [9.17, 15) is 51.1 Å². The molecule has 0 unspecified atom stereocenters. The Labute approximate surface area is 325 Å². The van der Waals surface area contributed by atoms with E-state index in [1.807, 2.05) is 0 Å². The molecule has 0 aromatic heterocycles. The summed E-state index contributed by atoms with van der Waals surface area (Å²) in [5, 5.41) is 108. The molecule has 2 heterocycles. The van der Waals surface area contributed by atoms with Crippen molar-refractivity contribution in [3.05, 3.63) is 0 Å². The average Bonchev–Trinajstić information content (AvgIpc) is 3.70. The van der Waals surface area contributed by atoms with E-state index in [0.29, 0.717) is 32.1 Å². The SMILES string of the molecule is C[C@H](CC[C@H](O)C(C)(C)O)[C@H]1[C@@H](O)C[C@@]2(C)[C@@H]3C[C@H](O)[C@@H]4C(C)(C)[C@@H](O[C@@H]5OC[C@@H](O)[C@H](O)[C@H]5O[C@@H]5O[C@H](CO)[C@@H](O)[C@H](O)[C@H]5O)CC[C@@]45C[C@@]35CC[C@]12C. The fourth-order valence-electron chi connectivity index (χ4n) is 14.2. The van der Waals surface area contributed by atoms with Crippen molar-refractivity contribution in [2.75, 3.05) is 13.2 Å². The van der Waals surface area contributed by atoms with Gasteiger partial charge in [0.25, 0.3) is 0 Å². The Balaban J connectivity index is 1.09. The van der Waals surface area contributed by atoms with E-state index in [0.717, 1.165) is 25.7 Å². The molecule has 7 aliphatic rings. The lowest BCUT2D eigenvalue weighted by atomic mass is 9.41. The number of ether oxygens (including phenoxy) is 4. The lowest BCUT2D eigenvalue weighted by molar-refractivity contribution is -0.366. The van der Waals surface area contributed by atoms with Crippen molar-refractivity contribution in [3.63, 3.8) is 0 Å². The highest BCUT2D eigenvalue weighted by atomic mass is 16.8. The van der Waals surface area contributed by atoms with Crippen LogP contribution in [0.5, 0.6) is 0 Å². The number of rotatable bonds is 10. The third-order valence-corrected chi connectivity index (χ3v) is 17.2. The Bertz CT molecular complexity index is 1390. The third kappa shape index (κ3) is 6.33. The van der Waals surface area contributed by atoms with Crippen LogP contribution in [0, 0.1) is 50.7 Å². The Morgan fingerprint density at radius 3 is 2.13 bits per heavy atom. The lowest BCUT2D eigenvalue weighted by Gasteiger charge is -2.64. The Kier molecular flexibility index (Phi) is 11.1. The van der Waals surface area contributed by atoms with Crippen molar-refractivity contribution in [2.24, 2.45) is 50.7 Å². The van der Waals surface area contributed by atoms with Crippen molar-refractivity contribution < 1.29 is 70.0 Å². The van der Waals surface area contributed by atoms with Gasteiger partial charge in [-0.2, -0.15) is 0 Å². The minimum absolute atomic E-state index is 0.0265. The summed E-state index contributed by atoms with van der Waals surface area (Å²) in [7, 11) is 0. The van der Waals surface area contributed by atoms with Crippen molar-refractivity contribution in [1.29, 1.82) is 0 Å². The van der Waals surface area contributed by atoms with E-state index in [-0.39, 0.29) is 51.9 Å². The summed E-state index contributed by atoms with van der Waals surface area (Å²) >= 11 is 0. The average molecular weight is 787 g/mol. The lowest BCUT2D eigenvalue weighted by Crippen LogP contribution is -2.64. The highest BCUT2D eigenvalue weighted by molar-refractivity contribution is 5.32. The summed E-state index contributed by atoms with van der Waals surface area (Å²) in [5.41, 5.74) is -2.18. The van der Waals surface area contributed by atoms with E-state index in [1.165, 1.54) is 0 Å². The molecular formula is C41H70O14. The van der Waals surface area contributed by atoms with Crippen LogP contribution in [0.1, 0.15) is 106 Å². The highest BCUT2D eigenvalue weighted by Crippen LogP contribution is 2.89.